The van der Waals surface area contributed by atoms with Crippen LogP contribution in [-0.2, 0) is 6.54 Å². The lowest BCUT2D eigenvalue weighted by atomic mass is 10.2. The van der Waals surface area contributed by atoms with Crippen molar-refractivity contribution in [2.75, 3.05) is 12.3 Å². The molecule has 0 spiro atoms. The summed E-state index contributed by atoms with van der Waals surface area (Å²) in [5.41, 5.74) is 7.08. The second kappa shape index (κ2) is 10.1. The van der Waals surface area contributed by atoms with E-state index >= 15 is 0 Å². The largest absolute Gasteiger partial charge is 0.494 e. The summed E-state index contributed by atoms with van der Waals surface area (Å²) in [4.78, 5) is 16.1. The molecule has 25 heavy (non-hydrogen) atoms. The summed E-state index contributed by atoms with van der Waals surface area (Å²) in [6, 6.07) is 11.1. The number of nitrogens with zero attached hydrogens (tertiary/aromatic N) is 1. The Morgan fingerprint density at radius 1 is 1.28 bits per heavy atom. The van der Waals surface area contributed by atoms with Crippen molar-refractivity contribution in [1.82, 2.24) is 10.3 Å². The molecule has 0 radical (unpaired) electrons. The first-order chi connectivity index (χ1) is 12.2. The second-order valence-electron chi connectivity index (χ2n) is 5.68. The van der Waals surface area contributed by atoms with Crippen LogP contribution in [0, 0.1) is 0 Å². The molecule has 0 aliphatic carbocycles. The number of rotatable bonds is 9. The van der Waals surface area contributed by atoms with E-state index in [-0.39, 0.29) is 11.7 Å². The normalized spacial score (nSPS) is 10.8. The Labute approximate surface area is 148 Å². The number of aromatic nitrogens is 1. The zero-order valence-corrected chi connectivity index (χ0v) is 14.6. The molecule has 0 aliphatic heterocycles. The number of benzene rings is 1. The molecule has 0 unspecified atom stereocenters. The predicted molar refractivity (Wildman–Crippen MR) is 100 cm³/mol. The minimum atomic E-state index is -0.235. The molecule has 132 valence electrons. The maximum Gasteiger partial charge on any atom is 0.255 e. The van der Waals surface area contributed by atoms with Gasteiger partial charge in [0, 0.05) is 12.7 Å². The van der Waals surface area contributed by atoms with E-state index in [1.165, 1.54) is 0 Å². The molecule has 5 nitrogen and oxygen atoms in total. The molecule has 3 N–H and O–H groups in total. The van der Waals surface area contributed by atoms with Gasteiger partial charge in [0.1, 0.15) is 11.6 Å². The first-order valence-corrected chi connectivity index (χ1v) is 8.52. The van der Waals surface area contributed by atoms with Gasteiger partial charge in [0.15, 0.2) is 0 Å². The van der Waals surface area contributed by atoms with E-state index in [2.05, 4.69) is 22.5 Å². The molecule has 1 aromatic carbocycles. The van der Waals surface area contributed by atoms with E-state index in [0.29, 0.717) is 18.7 Å². The maximum absolute atomic E-state index is 12.2. The van der Waals surface area contributed by atoms with Gasteiger partial charge >= 0.3 is 0 Å². The van der Waals surface area contributed by atoms with E-state index in [0.717, 1.165) is 30.6 Å². The van der Waals surface area contributed by atoms with E-state index in [4.69, 9.17) is 10.5 Å². The van der Waals surface area contributed by atoms with Crippen molar-refractivity contribution >= 4 is 11.7 Å². The lowest BCUT2D eigenvalue weighted by Gasteiger charge is -2.09. The first kappa shape index (κ1) is 18.5. The Kier molecular flexibility index (Phi) is 7.50. The van der Waals surface area contributed by atoms with Gasteiger partial charge in [-0.1, -0.05) is 24.3 Å². The Morgan fingerprint density at radius 3 is 2.96 bits per heavy atom. The lowest BCUT2D eigenvalue weighted by molar-refractivity contribution is 0.0951. The van der Waals surface area contributed by atoms with Crippen molar-refractivity contribution in [3.8, 4) is 5.75 Å². The van der Waals surface area contributed by atoms with Crippen LogP contribution in [0.15, 0.2) is 54.7 Å². The molecular weight excluding hydrogens is 314 g/mol. The van der Waals surface area contributed by atoms with Gasteiger partial charge in [-0.15, -0.1) is 0 Å². The van der Waals surface area contributed by atoms with Crippen LogP contribution < -0.4 is 15.8 Å². The highest BCUT2D eigenvalue weighted by Gasteiger charge is 2.09. The van der Waals surface area contributed by atoms with Gasteiger partial charge in [-0.25, -0.2) is 4.98 Å². The van der Waals surface area contributed by atoms with Crippen LogP contribution in [-0.4, -0.2) is 17.5 Å². The number of anilines is 1. The average Bonchev–Trinajstić information content (AvgIpc) is 2.63. The predicted octanol–water partition coefficient (Wildman–Crippen LogP) is 3.72. The van der Waals surface area contributed by atoms with Gasteiger partial charge < -0.3 is 15.8 Å². The third-order valence-corrected chi connectivity index (χ3v) is 3.70. The molecule has 0 aliphatic rings. The number of carbonyl (C=O) groups excluding carboxylic acids is 1. The summed E-state index contributed by atoms with van der Waals surface area (Å²) in [5, 5.41) is 2.85. The number of carbonyl (C=O) groups is 1. The molecule has 0 atom stereocenters. The number of hydrogen-bond donors (Lipinski definition) is 2. The number of amides is 1. The number of nitrogens with two attached hydrogens (primary N) is 1. The maximum atomic E-state index is 12.2. The molecule has 1 amide bonds. The molecule has 0 bridgehead atoms. The van der Waals surface area contributed by atoms with Gasteiger partial charge in [-0.05, 0) is 56.0 Å². The minimum Gasteiger partial charge on any atom is -0.494 e. The molecular formula is C20H25N3O2. The van der Waals surface area contributed by atoms with Crippen LogP contribution in [0.4, 0.5) is 5.82 Å². The standard InChI is InChI=1S/C20H25N3O2/c1-2-3-4-5-6-13-25-17-10-7-9-16(14-17)15-23-20(24)18-11-8-12-22-19(18)21/h2-3,7-12,14H,4-6,13,15H2,1H3,(H2,21,22)(H,23,24)/b3-2+. The van der Waals surface area contributed by atoms with Crippen LogP contribution in [0.25, 0.3) is 0 Å². The van der Waals surface area contributed by atoms with Crippen LogP contribution >= 0.6 is 0 Å². The summed E-state index contributed by atoms with van der Waals surface area (Å²) >= 11 is 0. The van der Waals surface area contributed by atoms with Crippen molar-refractivity contribution in [2.45, 2.75) is 32.7 Å². The highest BCUT2D eigenvalue weighted by Crippen LogP contribution is 2.14. The van der Waals surface area contributed by atoms with Gasteiger partial charge in [0.2, 0.25) is 0 Å². The van der Waals surface area contributed by atoms with Crippen molar-refractivity contribution in [2.24, 2.45) is 0 Å². The zero-order chi connectivity index (χ0) is 17.9. The Hall–Kier alpha value is -2.82. The van der Waals surface area contributed by atoms with E-state index in [9.17, 15) is 4.79 Å². The van der Waals surface area contributed by atoms with Gasteiger partial charge in [-0.3, -0.25) is 4.79 Å². The highest BCUT2D eigenvalue weighted by atomic mass is 16.5. The van der Waals surface area contributed by atoms with E-state index in [1.807, 2.05) is 31.2 Å². The second-order valence-corrected chi connectivity index (χ2v) is 5.68. The number of ether oxygens (including phenoxy) is 1. The van der Waals surface area contributed by atoms with E-state index in [1.54, 1.807) is 18.3 Å². The number of allylic oxidation sites excluding steroid dienone is 2. The number of unbranched alkanes of at least 4 members (excludes halogenated alkanes) is 2. The van der Waals surface area contributed by atoms with Crippen molar-refractivity contribution in [3.63, 3.8) is 0 Å². The molecule has 0 fully saturated rings. The quantitative estimate of drug-likeness (QED) is 0.539. The third kappa shape index (κ3) is 6.30. The molecule has 1 aromatic heterocycles. The number of nitrogen functional groups attached to an aromatic ring is 1. The first-order valence-electron chi connectivity index (χ1n) is 8.52. The van der Waals surface area contributed by atoms with Gasteiger partial charge in [0.25, 0.3) is 5.91 Å². The SMILES string of the molecule is C/C=C/CCCCOc1cccc(CNC(=O)c2cccnc2N)c1. The summed E-state index contributed by atoms with van der Waals surface area (Å²) in [6.07, 6.45) is 9.02. The van der Waals surface area contributed by atoms with Crippen molar-refractivity contribution in [1.29, 1.82) is 0 Å². The molecule has 2 aromatic rings. The summed E-state index contributed by atoms with van der Waals surface area (Å²) < 4.78 is 5.77. The number of hydrogen-bond acceptors (Lipinski definition) is 4. The van der Waals surface area contributed by atoms with E-state index < -0.39 is 0 Å². The topological polar surface area (TPSA) is 77.2 Å². The fraction of sp³-hybridized carbons (Fsp3) is 0.300. The van der Waals surface area contributed by atoms with Gasteiger partial charge in [-0.2, -0.15) is 0 Å². The summed E-state index contributed by atoms with van der Waals surface area (Å²) in [6.45, 7) is 3.13. The third-order valence-electron chi connectivity index (χ3n) is 3.70. The highest BCUT2D eigenvalue weighted by molar-refractivity contribution is 5.98. The van der Waals surface area contributed by atoms with Crippen LogP contribution in [0.5, 0.6) is 5.75 Å². The van der Waals surface area contributed by atoms with Crippen molar-refractivity contribution < 1.29 is 9.53 Å². The van der Waals surface area contributed by atoms with Gasteiger partial charge in [0.05, 0.1) is 12.2 Å². The van der Waals surface area contributed by atoms with Crippen LogP contribution in [0.1, 0.15) is 42.1 Å². The molecule has 0 saturated heterocycles. The number of pyridine rings is 1. The fourth-order valence-electron chi connectivity index (χ4n) is 2.35. The average molecular weight is 339 g/mol. The smallest absolute Gasteiger partial charge is 0.255 e. The summed E-state index contributed by atoms with van der Waals surface area (Å²) in [7, 11) is 0. The summed E-state index contributed by atoms with van der Waals surface area (Å²) in [5.74, 6) is 0.814. The lowest BCUT2D eigenvalue weighted by Crippen LogP contribution is -2.24. The Balaban J connectivity index is 1.81. The Morgan fingerprint density at radius 2 is 2.16 bits per heavy atom. The minimum absolute atomic E-state index is 0.231. The van der Waals surface area contributed by atoms with Crippen LogP contribution in [0.2, 0.25) is 0 Å². The molecule has 5 heteroatoms. The molecule has 0 saturated carbocycles. The molecule has 1 heterocycles. The Bertz CT molecular complexity index is 714. The van der Waals surface area contributed by atoms with Crippen LogP contribution in [0.3, 0.4) is 0 Å². The fourth-order valence-corrected chi connectivity index (χ4v) is 2.35. The monoisotopic (exact) mass is 339 g/mol. The number of nitrogens with one attached hydrogen (secondary N) is 1. The van der Waals surface area contributed by atoms with Crippen molar-refractivity contribution in [3.05, 3.63) is 65.9 Å². The zero-order valence-electron chi connectivity index (χ0n) is 14.6. The molecule has 2 rings (SSSR count).